The molecule has 0 bridgehead atoms. The summed E-state index contributed by atoms with van der Waals surface area (Å²) in [5.41, 5.74) is 4.17. The fourth-order valence-corrected chi connectivity index (χ4v) is 3.95. The van der Waals surface area contributed by atoms with Gasteiger partial charge in [-0.15, -0.1) is 0 Å². The van der Waals surface area contributed by atoms with Crippen molar-refractivity contribution in [1.29, 1.82) is 0 Å². The van der Waals surface area contributed by atoms with Crippen LogP contribution >= 0.6 is 0 Å². The number of rotatable bonds is 4. The van der Waals surface area contributed by atoms with Gasteiger partial charge in [0.1, 0.15) is 5.75 Å². The summed E-state index contributed by atoms with van der Waals surface area (Å²) in [5.74, 6) is 0.928. The molecule has 1 fully saturated rings. The summed E-state index contributed by atoms with van der Waals surface area (Å²) in [5, 5.41) is 0. The van der Waals surface area contributed by atoms with Gasteiger partial charge in [-0.05, 0) is 54.3 Å². The number of hydrogen-bond acceptors (Lipinski definition) is 3. The van der Waals surface area contributed by atoms with Crippen molar-refractivity contribution in [2.24, 2.45) is 0 Å². The molecular formula is C22H26N2O. The molecule has 0 N–H and O–H groups in total. The van der Waals surface area contributed by atoms with E-state index in [2.05, 4.69) is 70.6 Å². The molecule has 1 unspecified atom stereocenters. The van der Waals surface area contributed by atoms with E-state index in [1.54, 1.807) is 7.11 Å². The first-order valence-corrected chi connectivity index (χ1v) is 9.19. The van der Waals surface area contributed by atoms with Crippen LogP contribution in [-0.2, 0) is 13.1 Å². The lowest BCUT2D eigenvalue weighted by Gasteiger charge is -2.40. The Labute approximate surface area is 150 Å². The highest BCUT2D eigenvalue weighted by Gasteiger charge is 2.25. The fourth-order valence-electron chi connectivity index (χ4n) is 3.95. The minimum absolute atomic E-state index is 0.608. The maximum atomic E-state index is 5.26. The highest BCUT2D eigenvalue weighted by atomic mass is 16.5. The van der Waals surface area contributed by atoms with Gasteiger partial charge in [0.25, 0.3) is 0 Å². The van der Waals surface area contributed by atoms with E-state index in [0.29, 0.717) is 6.04 Å². The van der Waals surface area contributed by atoms with Gasteiger partial charge >= 0.3 is 0 Å². The molecule has 1 atom stereocenters. The first kappa shape index (κ1) is 16.2. The Bertz CT molecular complexity index is 738. The largest absolute Gasteiger partial charge is 0.497 e. The predicted octanol–water partition coefficient (Wildman–Crippen LogP) is 4.15. The molecule has 0 aliphatic carbocycles. The van der Waals surface area contributed by atoms with Gasteiger partial charge in [-0.25, -0.2) is 0 Å². The molecule has 2 aliphatic rings. The third-order valence-corrected chi connectivity index (χ3v) is 5.37. The first-order valence-electron chi connectivity index (χ1n) is 9.19. The van der Waals surface area contributed by atoms with Crippen molar-refractivity contribution in [3.63, 3.8) is 0 Å². The van der Waals surface area contributed by atoms with Crippen molar-refractivity contribution in [1.82, 2.24) is 9.80 Å². The molecule has 3 heteroatoms. The Morgan fingerprint density at radius 1 is 1.08 bits per heavy atom. The van der Waals surface area contributed by atoms with Gasteiger partial charge < -0.3 is 9.64 Å². The van der Waals surface area contributed by atoms with Crippen molar-refractivity contribution in [2.45, 2.75) is 32.0 Å². The maximum absolute atomic E-state index is 5.26. The zero-order valence-electron chi connectivity index (χ0n) is 14.9. The molecule has 0 saturated carbocycles. The molecule has 25 heavy (non-hydrogen) atoms. The second-order valence-electron chi connectivity index (χ2n) is 7.07. The lowest BCUT2D eigenvalue weighted by molar-refractivity contribution is 0.120. The molecule has 0 amide bonds. The monoisotopic (exact) mass is 334 g/mol. The van der Waals surface area contributed by atoms with Gasteiger partial charge in [0.05, 0.1) is 7.11 Å². The average molecular weight is 334 g/mol. The summed E-state index contributed by atoms with van der Waals surface area (Å²) in [4.78, 5) is 5.12. The summed E-state index contributed by atoms with van der Waals surface area (Å²) >= 11 is 0. The lowest BCUT2D eigenvalue weighted by atomic mass is 9.99. The van der Waals surface area contributed by atoms with E-state index in [1.165, 1.54) is 36.1 Å². The van der Waals surface area contributed by atoms with Gasteiger partial charge in [0, 0.05) is 31.9 Å². The van der Waals surface area contributed by atoms with Crippen LogP contribution in [0.15, 0.2) is 54.7 Å². The standard InChI is InChI=1S/C22H26N2O/c1-25-22-10-8-18(9-11-22)15-23-13-4-7-21(17-23)24-14-12-19-5-2-3-6-20(19)16-24/h2-3,5-6,8-12,14,21H,4,7,13,15-17H2,1H3. The van der Waals surface area contributed by atoms with E-state index in [1.807, 2.05) is 0 Å². The molecule has 4 rings (SSSR count). The van der Waals surface area contributed by atoms with Gasteiger partial charge in [0.15, 0.2) is 0 Å². The molecule has 2 heterocycles. The summed E-state index contributed by atoms with van der Waals surface area (Å²) in [7, 11) is 1.72. The van der Waals surface area contributed by atoms with Crippen molar-refractivity contribution in [2.75, 3.05) is 20.2 Å². The minimum atomic E-state index is 0.608. The van der Waals surface area contributed by atoms with Crippen LogP contribution in [0.5, 0.6) is 5.75 Å². The molecule has 0 radical (unpaired) electrons. The van der Waals surface area contributed by atoms with E-state index in [9.17, 15) is 0 Å². The van der Waals surface area contributed by atoms with Crippen LogP contribution in [0.1, 0.15) is 29.5 Å². The second kappa shape index (κ2) is 7.32. The van der Waals surface area contributed by atoms with Crippen LogP contribution in [0.3, 0.4) is 0 Å². The third-order valence-electron chi connectivity index (χ3n) is 5.37. The molecule has 0 spiro atoms. The highest BCUT2D eigenvalue weighted by Crippen LogP contribution is 2.25. The van der Waals surface area contributed by atoms with Crippen molar-refractivity contribution >= 4 is 6.08 Å². The Morgan fingerprint density at radius 3 is 2.76 bits per heavy atom. The summed E-state index contributed by atoms with van der Waals surface area (Å²) in [6, 6.07) is 17.8. The number of likely N-dealkylation sites (tertiary alicyclic amines) is 1. The number of piperidine rings is 1. The molecule has 2 aromatic rings. The first-order chi connectivity index (χ1) is 12.3. The SMILES string of the molecule is COc1ccc(CN2CCCC(N3C=Cc4ccccc4C3)C2)cc1. The lowest BCUT2D eigenvalue weighted by Crippen LogP contribution is -2.45. The van der Waals surface area contributed by atoms with E-state index in [-0.39, 0.29) is 0 Å². The van der Waals surface area contributed by atoms with Crippen LogP contribution in [0.25, 0.3) is 6.08 Å². The Morgan fingerprint density at radius 2 is 1.92 bits per heavy atom. The van der Waals surface area contributed by atoms with Crippen LogP contribution in [0.2, 0.25) is 0 Å². The highest BCUT2D eigenvalue weighted by molar-refractivity contribution is 5.55. The quantitative estimate of drug-likeness (QED) is 0.835. The van der Waals surface area contributed by atoms with E-state index < -0.39 is 0 Å². The summed E-state index contributed by atoms with van der Waals surface area (Å²) in [6.45, 7) is 4.39. The number of benzene rings is 2. The molecule has 1 saturated heterocycles. The van der Waals surface area contributed by atoms with Crippen LogP contribution < -0.4 is 4.74 Å². The normalized spacial score (nSPS) is 20.4. The van der Waals surface area contributed by atoms with Crippen LogP contribution in [0.4, 0.5) is 0 Å². The second-order valence-corrected chi connectivity index (χ2v) is 7.07. The van der Waals surface area contributed by atoms with Crippen molar-refractivity contribution < 1.29 is 4.74 Å². The Kier molecular flexibility index (Phi) is 4.75. The van der Waals surface area contributed by atoms with E-state index >= 15 is 0 Å². The molecule has 130 valence electrons. The third kappa shape index (κ3) is 3.72. The zero-order chi connectivity index (χ0) is 17.1. The van der Waals surface area contributed by atoms with E-state index in [4.69, 9.17) is 4.74 Å². The predicted molar refractivity (Wildman–Crippen MR) is 102 cm³/mol. The van der Waals surface area contributed by atoms with Gasteiger partial charge in [-0.1, -0.05) is 36.4 Å². The summed E-state index contributed by atoms with van der Waals surface area (Å²) in [6.07, 6.45) is 7.11. The molecule has 3 nitrogen and oxygen atoms in total. The fraction of sp³-hybridized carbons (Fsp3) is 0.364. The Hall–Kier alpha value is -2.26. The Balaban J connectivity index is 1.39. The van der Waals surface area contributed by atoms with Crippen LogP contribution in [-0.4, -0.2) is 36.0 Å². The molecule has 2 aromatic carbocycles. The molecular weight excluding hydrogens is 308 g/mol. The van der Waals surface area contributed by atoms with Crippen LogP contribution in [0, 0.1) is 0 Å². The van der Waals surface area contributed by atoms with Crippen molar-refractivity contribution in [3.8, 4) is 5.75 Å². The average Bonchev–Trinajstić information content (AvgIpc) is 2.68. The number of ether oxygens (including phenoxy) is 1. The minimum Gasteiger partial charge on any atom is -0.497 e. The van der Waals surface area contributed by atoms with Crippen molar-refractivity contribution in [3.05, 3.63) is 71.4 Å². The number of methoxy groups -OCH3 is 1. The molecule has 0 aromatic heterocycles. The number of fused-ring (bicyclic) bond motifs is 1. The number of nitrogens with zero attached hydrogens (tertiary/aromatic N) is 2. The smallest absolute Gasteiger partial charge is 0.118 e. The zero-order valence-corrected chi connectivity index (χ0v) is 14.9. The van der Waals surface area contributed by atoms with Gasteiger partial charge in [0.2, 0.25) is 0 Å². The molecule has 2 aliphatic heterocycles. The van der Waals surface area contributed by atoms with Gasteiger partial charge in [-0.2, -0.15) is 0 Å². The topological polar surface area (TPSA) is 15.7 Å². The summed E-state index contributed by atoms with van der Waals surface area (Å²) < 4.78 is 5.26. The maximum Gasteiger partial charge on any atom is 0.118 e. The van der Waals surface area contributed by atoms with Gasteiger partial charge in [-0.3, -0.25) is 4.90 Å². The number of hydrogen-bond donors (Lipinski definition) is 0. The van der Waals surface area contributed by atoms with E-state index in [0.717, 1.165) is 25.4 Å².